The average Bonchev–Trinajstić information content (AvgIpc) is 3.95. The van der Waals surface area contributed by atoms with Gasteiger partial charge < -0.3 is 74.7 Å². The Morgan fingerprint density at radius 3 is 2.07 bits per heavy atom. The molecule has 23 heteroatoms. The molecule has 68 heavy (non-hydrogen) atoms. The van der Waals surface area contributed by atoms with Crippen molar-refractivity contribution in [3.63, 3.8) is 0 Å². The number of nitrogens with zero attached hydrogens (tertiary/aromatic N) is 2. The number of aliphatic imine (C=N–C) groups is 1. The van der Waals surface area contributed by atoms with E-state index >= 15 is 0 Å². The molecule has 0 aliphatic carbocycles. The summed E-state index contributed by atoms with van der Waals surface area (Å²) in [7, 11) is 0. The number of carboxylic acid groups (broad SMARTS) is 1. The first kappa shape index (κ1) is 53.3. The second-order valence-corrected chi connectivity index (χ2v) is 17.2. The quantitative estimate of drug-likeness (QED) is 0.0245. The summed E-state index contributed by atoms with van der Waals surface area (Å²) in [4.78, 5) is 116. The van der Waals surface area contributed by atoms with Gasteiger partial charge in [0.25, 0.3) is 0 Å². The Kier molecular flexibility index (Phi) is 19.6. The molecule has 23 nitrogen and oxygen atoms in total. The summed E-state index contributed by atoms with van der Waals surface area (Å²) in [6.45, 7) is 4.90. The van der Waals surface area contributed by atoms with Crippen LogP contribution < -0.4 is 49.5 Å². The standard InChI is InChI=1S/C45H64N12O11/c1-23(2)36(47)41(64)55-33(20-25-12-14-27(59)15-13-25)43(66)57-19-7-11-34(57)40(63)54-32(21-26-22-51-29-9-5-4-8-28(26)29)39(62)56-37(24(3)58)42(65)52-30(16-17-35(46)60)38(61)53-31(44(67)68)10-6-18-50-45(48)49/h4-5,8-9,12-15,22-24,30-34,36-37,51,58-59H,6-7,10-11,16-21,47H2,1-3H3,(H2,46,60)(H,52,65)(H,53,61)(H,54,63)(H,55,64)(H,56,62)(H,67,68)(H4,48,49,50)/t24-,30+,31+,32+,33+,34+,36+,37+/m1/s1. The van der Waals surface area contributed by atoms with Gasteiger partial charge in [0.05, 0.1) is 12.1 Å². The highest BCUT2D eigenvalue weighted by atomic mass is 16.4. The Balaban J connectivity index is 1.59. The number of benzene rings is 2. The van der Waals surface area contributed by atoms with E-state index < -0.39 is 102 Å². The van der Waals surface area contributed by atoms with Crippen molar-refractivity contribution in [2.45, 2.75) is 121 Å². The van der Waals surface area contributed by atoms with Gasteiger partial charge in [-0.1, -0.05) is 44.2 Å². The van der Waals surface area contributed by atoms with Gasteiger partial charge in [0, 0.05) is 49.5 Å². The minimum Gasteiger partial charge on any atom is -0.508 e. The molecule has 1 saturated heterocycles. The molecule has 8 atom stereocenters. The first-order valence-electron chi connectivity index (χ1n) is 22.3. The fourth-order valence-corrected chi connectivity index (χ4v) is 7.65. The Bertz CT molecular complexity index is 2300. The first-order chi connectivity index (χ1) is 32.2. The molecule has 0 radical (unpaired) electrons. The highest BCUT2D eigenvalue weighted by molar-refractivity contribution is 5.98. The van der Waals surface area contributed by atoms with Gasteiger partial charge in [-0.3, -0.25) is 38.6 Å². The maximum Gasteiger partial charge on any atom is 0.326 e. The minimum atomic E-state index is -1.77. The molecule has 4 rings (SSSR count). The zero-order valence-corrected chi connectivity index (χ0v) is 38.3. The molecule has 1 aromatic heterocycles. The molecule has 0 saturated carbocycles. The molecular weight excluding hydrogens is 885 g/mol. The summed E-state index contributed by atoms with van der Waals surface area (Å²) < 4.78 is 0. The van der Waals surface area contributed by atoms with Gasteiger partial charge in [0.2, 0.25) is 41.4 Å². The minimum absolute atomic E-state index is 0.000777. The van der Waals surface area contributed by atoms with Crippen molar-refractivity contribution in [3.8, 4) is 5.75 Å². The molecule has 0 unspecified atom stereocenters. The van der Waals surface area contributed by atoms with Crippen LogP contribution in [0.4, 0.5) is 0 Å². The molecule has 0 bridgehead atoms. The number of nitrogens with one attached hydrogen (secondary N) is 6. The number of para-hydroxylation sites is 1. The third-order valence-electron chi connectivity index (χ3n) is 11.5. The molecule has 1 aliphatic heterocycles. The molecule has 3 aromatic rings. The van der Waals surface area contributed by atoms with E-state index in [1.807, 2.05) is 0 Å². The zero-order chi connectivity index (χ0) is 50.2. The maximum absolute atomic E-state index is 14.4. The lowest BCUT2D eigenvalue weighted by atomic mass is 10.0. The highest BCUT2D eigenvalue weighted by Crippen LogP contribution is 2.23. The number of guanidine groups is 1. The number of H-pyrrole nitrogens is 1. The first-order valence-corrected chi connectivity index (χ1v) is 22.3. The lowest BCUT2D eigenvalue weighted by Crippen LogP contribution is -2.61. The number of aliphatic carboxylic acids is 1. The molecule has 2 heterocycles. The maximum atomic E-state index is 14.4. The molecule has 370 valence electrons. The van der Waals surface area contributed by atoms with Crippen LogP contribution in [0.3, 0.4) is 0 Å². The third kappa shape index (κ3) is 15.4. The number of phenolic OH excluding ortho intramolecular Hbond substituents is 1. The predicted molar refractivity (Wildman–Crippen MR) is 249 cm³/mol. The van der Waals surface area contributed by atoms with Crippen LogP contribution in [0.25, 0.3) is 10.9 Å². The van der Waals surface area contributed by atoms with Crippen LogP contribution in [0.5, 0.6) is 5.75 Å². The van der Waals surface area contributed by atoms with E-state index in [9.17, 15) is 53.7 Å². The van der Waals surface area contributed by atoms with Crippen molar-refractivity contribution in [2.24, 2.45) is 33.8 Å². The van der Waals surface area contributed by atoms with Crippen LogP contribution in [-0.4, -0.2) is 140 Å². The number of aromatic hydroxyl groups is 1. The Hall–Kier alpha value is -7.27. The number of amides is 7. The number of hydrogen-bond donors (Lipinski definition) is 13. The fraction of sp³-hybridized carbons (Fsp3) is 0.489. The molecule has 2 aromatic carbocycles. The van der Waals surface area contributed by atoms with Crippen molar-refractivity contribution in [2.75, 3.05) is 13.1 Å². The number of carbonyl (C=O) groups excluding carboxylic acids is 7. The number of likely N-dealkylation sites (tertiary alicyclic amines) is 1. The largest absolute Gasteiger partial charge is 0.508 e. The number of phenols is 1. The number of fused-ring (bicyclic) bond motifs is 1. The predicted octanol–water partition coefficient (Wildman–Crippen LogP) is -2.16. The van der Waals surface area contributed by atoms with Crippen LogP contribution in [0.15, 0.2) is 59.7 Å². The number of rotatable bonds is 25. The van der Waals surface area contributed by atoms with Gasteiger partial charge in [-0.05, 0) is 74.3 Å². The number of aromatic nitrogens is 1. The number of nitrogens with two attached hydrogens (primary N) is 4. The second-order valence-electron chi connectivity index (χ2n) is 17.2. The van der Waals surface area contributed by atoms with Crippen LogP contribution in [0.1, 0.15) is 70.4 Å². The zero-order valence-electron chi connectivity index (χ0n) is 38.3. The highest BCUT2D eigenvalue weighted by Gasteiger charge is 2.40. The SMILES string of the molecule is CC(C)[C@H](N)C(=O)N[C@@H](Cc1ccc(O)cc1)C(=O)N1CCC[C@H]1C(=O)N[C@@H](Cc1c[nH]c2ccccc12)C(=O)N[C@H](C(=O)N[C@@H](CCC(N)=O)C(=O)N[C@@H](CCCN=C(N)N)C(=O)O)[C@@H](C)O. The van der Waals surface area contributed by atoms with Gasteiger partial charge in [-0.2, -0.15) is 0 Å². The van der Waals surface area contributed by atoms with Crippen LogP contribution in [-0.2, 0) is 51.2 Å². The van der Waals surface area contributed by atoms with Gasteiger partial charge in [0.15, 0.2) is 5.96 Å². The molecule has 1 fully saturated rings. The van der Waals surface area contributed by atoms with Gasteiger partial charge in [0.1, 0.15) is 42.0 Å². The lowest BCUT2D eigenvalue weighted by molar-refractivity contribution is -0.143. The molecule has 17 N–H and O–H groups in total. The van der Waals surface area contributed by atoms with Crippen molar-refractivity contribution in [1.29, 1.82) is 0 Å². The molecule has 1 aliphatic rings. The van der Waals surface area contributed by atoms with E-state index in [4.69, 9.17) is 22.9 Å². The van der Waals surface area contributed by atoms with Crippen LogP contribution in [0.2, 0.25) is 0 Å². The van der Waals surface area contributed by atoms with E-state index in [0.717, 1.165) is 5.52 Å². The number of carbonyl (C=O) groups is 8. The molecule has 0 spiro atoms. The Labute approximate surface area is 392 Å². The smallest absolute Gasteiger partial charge is 0.326 e. The monoisotopic (exact) mass is 948 g/mol. The summed E-state index contributed by atoms with van der Waals surface area (Å²) in [6, 6.07) is 3.80. The van der Waals surface area contributed by atoms with E-state index in [0.29, 0.717) is 22.9 Å². The number of aliphatic hydroxyl groups is 1. The average molecular weight is 949 g/mol. The third-order valence-corrected chi connectivity index (χ3v) is 11.5. The summed E-state index contributed by atoms with van der Waals surface area (Å²) in [5.41, 5.74) is 24.0. The van der Waals surface area contributed by atoms with E-state index in [2.05, 4.69) is 36.6 Å². The van der Waals surface area contributed by atoms with Crippen molar-refractivity contribution in [1.82, 2.24) is 36.5 Å². The lowest BCUT2D eigenvalue weighted by Gasteiger charge is -2.31. The van der Waals surface area contributed by atoms with Crippen molar-refractivity contribution < 1.29 is 53.7 Å². The topological polar surface area (TPSA) is 393 Å². The van der Waals surface area contributed by atoms with Gasteiger partial charge in [-0.25, -0.2) is 4.79 Å². The Morgan fingerprint density at radius 1 is 0.794 bits per heavy atom. The molecule has 7 amide bonds. The van der Waals surface area contributed by atoms with E-state index in [1.54, 1.807) is 56.4 Å². The van der Waals surface area contributed by atoms with Crippen molar-refractivity contribution in [3.05, 3.63) is 65.9 Å². The summed E-state index contributed by atoms with van der Waals surface area (Å²) in [5, 5.41) is 43.9. The summed E-state index contributed by atoms with van der Waals surface area (Å²) in [5.74, 6) is -7.64. The second kappa shape index (κ2) is 25.0. The summed E-state index contributed by atoms with van der Waals surface area (Å²) >= 11 is 0. The summed E-state index contributed by atoms with van der Waals surface area (Å²) in [6.07, 6.45) is -0.276. The number of hydrogen-bond acceptors (Lipinski definition) is 12. The number of aromatic amines is 1. The normalized spacial score (nSPS) is 16.6. The van der Waals surface area contributed by atoms with Gasteiger partial charge >= 0.3 is 5.97 Å². The number of carboxylic acids is 1. The molecular formula is C45H64N12O11. The van der Waals surface area contributed by atoms with E-state index in [1.165, 1.54) is 24.0 Å². The number of aliphatic hydroxyl groups excluding tert-OH is 1. The van der Waals surface area contributed by atoms with Crippen LogP contribution >= 0.6 is 0 Å². The van der Waals surface area contributed by atoms with Gasteiger partial charge in [-0.15, -0.1) is 0 Å². The van der Waals surface area contributed by atoms with Crippen molar-refractivity contribution >= 4 is 64.2 Å². The Morgan fingerprint density at radius 2 is 1.44 bits per heavy atom. The fourth-order valence-electron chi connectivity index (χ4n) is 7.65. The van der Waals surface area contributed by atoms with Crippen LogP contribution in [0, 0.1) is 5.92 Å². The van der Waals surface area contributed by atoms with E-state index in [-0.39, 0.29) is 69.2 Å². The number of primary amides is 1.